The maximum absolute atomic E-state index is 8.35. The van der Waals surface area contributed by atoms with E-state index in [0.717, 1.165) is 10.6 Å². The largest absolute Gasteiger partial charge is 0.198 e. The first-order valence-corrected chi connectivity index (χ1v) is 5.43. The van der Waals surface area contributed by atoms with Crippen LogP contribution in [0.25, 0.3) is 0 Å². The van der Waals surface area contributed by atoms with Crippen molar-refractivity contribution in [2.45, 2.75) is 11.3 Å². The molecule has 0 aromatic heterocycles. The second-order valence-corrected chi connectivity index (χ2v) is 4.31. The molecule has 0 saturated carbocycles. The fraction of sp³-hybridized carbons (Fsp3) is 0.222. The molecule has 1 rings (SSSR count). The Morgan fingerprint density at radius 1 is 1.38 bits per heavy atom. The van der Waals surface area contributed by atoms with Gasteiger partial charge in [0.05, 0.1) is 11.1 Å². The van der Waals surface area contributed by atoms with Gasteiger partial charge in [-0.15, -0.1) is 11.8 Å². The van der Waals surface area contributed by atoms with Crippen molar-refractivity contribution < 1.29 is 0 Å². The Bertz CT molecular complexity index is 333. The SMILES string of the molecule is N#CCCSc1cc(Cl)ccc1Cl. The molecule has 0 saturated heterocycles. The van der Waals surface area contributed by atoms with Crippen LogP contribution in [0, 0.1) is 11.3 Å². The van der Waals surface area contributed by atoms with Gasteiger partial charge in [0.15, 0.2) is 0 Å². The van der Waals surface area contributed by atoms with Crippen molar-refractivity contribution in [1.82, 2.24) is 0 Å². The molecular weight excluding hydrogens is 225 g/mol. The number of nitrogens with zero attached hydrogens (tertiary/aromatic N) is 1. The summed E-state index contributed by atoms with van der Waals surface area (Å²) in [6.45, 7) is 0. The smallest absolute Gasteiger partial charge is 0.0630 e. The Labute approximate surface area is 91.6 Å². The lowest BCUT2D eigenvalue weighted by Gasteiger charge is -2.01. The van der Waals surface area contributed by atoms with E-state index in [1.54, 1.807) is 23.9 Å². The zero-order chi connectivity index (χ0) is 9.68. The standard InChI is InChI=1S/C9H7Cl2NS/c10-7-2-3-8(11)9(6-7)13-5-1-4-12/h2-3,6H,1,5H2. The Balaban J connectivity index is 2.65. The molecule has 0 radical (unpaired) electrons. The van der Waals surface area contributed by atoms with E-state index in [1.807, 2.05) is 6.07 Å². The van der Waals surface area contributed by atoms with Gasteiger partial charge in [-0.3, -0.25) is 0 Å². The fourth-order valence-corrected chi connectivity index (χ4v) is 2.14. The van der Waals surface area contributed by atoms with E-state index in [0.29, 0.717) is 16.5 Å². The molecule has 4 heteroatoms. The second-order valence-electron chi connectivity index (χ2n) is 2.33. The molecule has 0 aliphatic rings. The highest BCUT2D eigenvalue weighted by Crippen LogP contribution is 2.29. The molecule has 0 bridgehead atoms. The van der Waals surface area contributed by atoms with E-state index < -0.39 is 0 Å². The van der Waals surface area contributed by atoms with E-state index in [1.165, 1.54) is 0 Å². The van der Waals surface area contributed by atoms with Crippen LogP contribution >= 0.6 is 35.0 Å². The Morgan fingerprint density at radius 3 is 2.85 bits per heavy atom. The number of benzene rings is 1. The molecule has 0 aliphatic heterocycles. The maximum Gasteiger partial charge on any atom is 0.0630 e. The third kappa shape index (κ3) is 3.48. The average Bonchev–Trinajstić information content (AvgIpc) is 2.11. The minimum absolute atomic E-state index is 0.521. The number of thioether (sulfide) groups is 1. The Hall–Kier alpha value is -0.360. The molecule has 13 heavy (non-hydrogen) atoms. The number of halogens is 2. The summed E-state index contributed by atoms with van der Waals surface area (Å²) in [7, 11) is 0. The molecule has 0 atom stereocenters. The van der Waals surface area contributed by atoms with Gasteiger partial charge in [0.25, 0.3) is 0 Å². The predicted octanol–water partition coefficient (Wildman–Crippen LogP) is 4.00. The summed E-state index contributed by atoms with van der Waals surface area (Å²) in [5.41, 5.74) is 0. The number of rotatable bonds is 3. The summed E-state index contributed by atoms with van der Waals surface area (Å²) in [6.07, 6.45) is 0.521. The van der Waals surface area contributed by atoms with Crippen molar-refractivity contribution in [3.63, 3.8) is 0 Å². The predicted molar refractivity (Wildman–Crippen MR) is 57.4 cm³/mol. The lowest BCUT2D eigenvalue weighted by molar-refractivity contribution is 1.23. The third-order valence-electron chi connectivity index (χ3n) is 1.36. The van der Waals surface area contributed by atoms with E-state index in [4.69, 9.17) is 28.5 Å². The summed E-state index contributed by atoms with van der Waals surface area (Å²) in [4.78, 5) is 0.935. The molecule has 0 unspecified atom stereocenters. The zero-order valence-electron chi connectivity index (χ0n) is 6.76. The lowest BCUT2D eigenvalue weighted by Crippen LogP contribution is -1.78. The van der Waals surface area contributed by atoms with Crippen molar-refractivity contribution in [2.24, 2.45) is 0 Å². The highest BCUT2D eigenvalue weighted by atomic mass is 35.5. The monoisotopic (exact) mass is 231 g/mol. The summed E-state index contributed by atoms with van der Waals surface area (Å²) in [5.74, 6) is 0.747. The first-order chi connectivity index (χ1) is 6.24. The molecule has 0 amide bonds. The van der Waals surface area contributed by atoms with Crippen LogP contribution in [-0.4, -0.2) is 5.75 Å². The van der Waals surface area contributed by atoms with Crippen LogP contribution in [0.2, 0.25) is 10.0 Å². The quantitative estimate of drug-likeness (QED) is 0.580. The Kier molecular flexibility index (Phi) is 4.44. The first kappa shape index (κ1) is 10.7. The van der Waals surface area contributed by atoms with Crippen molar-refractivity contribution in [2.75, 3.05) is 5.75 Å². The van der Waals surface area contributed by atoms with Crippen molar-refractivity contribution >= 4 is 35.0 Å². The minimum atomic E-state index is 0.521. The first-order valence-electron chi connectivity index (χ1n) is 3.69. The third-order valence-corrected chi connectivity index (χ3v) is 3.10. The second kappa shape index (κ2) is 5.39. The molecule has 0 spiro atoms. The van der Waals surface area contributed by atoms with Crippen LogP contribution in [-0.2, 0) is 0 Å². The topological polar surface area (TPSA) is 23.8 Å². The molecular formula is C9H7Cl2NS. The van der Waals surface area contributed by atoms with Gasteiger partial charge in [0, 0.05) is 22.1 Å². The van der Waals surface area contributed by atoms with Gasteiger partial charge in [0.1, 0.15) is 0 Å². The van der Waals surface area contributed by atoms with E-state index in [2.05, 4.69) is 6.07 Å². The molecule has 1 aromatic carbocycles. The van der Waals surface area contributed by atoms with Crippen LogP contribution in [0.5, 0.6) is 0 Å². The molecule has 68 valence electrons. The molecule has 0 fully saturated rings. The molecule has 0 heterocycles. The average molecular weight is 232 g/mol. The summed E-state index contributed by atoms with van der Waals surface area (Å²) in [5, 5.41) is 9.70. The van der Waals surface area contributed by atoms with E-state index in [9.17, 15) is 0 Å². The maximum atomic E-state index is 8.35. The summed E-state index contributed by atoms with van der Waals surface area (Å²) < 4.78 is 0. The van der Waals surface area contributed by atoms with Crippen LogP contribution in [0.3, 0.4) is 0 Å². The molecule has 0 N–H and O–H groups in total. The highest BCUT2D eigenvalue weighted by molar-refractivity contribution is 7.99. The van der Waals surface area contributed by atoms with Gasteiger partial charge < -0.3 is 0 Å². The number of hydrogen-bond acceptors (Lipinski definition) is 2. The van der Waals surface area contributed by atoms with Gasteiger partial charge in [-0.25, -0.2) is 0 Å². The Morgan fingerprint density at radius 2 is 2.15 bits per heavy atom. The zero-order valence-corrected chi connectivity index (χ0v) is 9.09. The van der Waals surface area contributed by atoms with Gasteiger partial charge >= 0.3 is 0 Å². The van der Waals surface area contributed by atoms with Crippen LogP contribution in [0.1, 0.15) is 6.42 Å². The van der Waals surface area contributed by atoms with Crippen LogP contribution in [0.15, 0.2) is 23.1 Å². The van der Waals surface area contributed by atoms with E-state index >= 15 is 0 Å². The van der Waals surface area contributed by atoms with Crippen LogP contribution in [0.4, 0.5) is 0 Å². The van der Waals surface area contributed by atoms with Gasteiger partial charge in [-0.1, -0.05) is 23.2 Å². The number of nitriles is 1. The molecule has 0 aliphatic carbocycles. The van der Waals surface area contributed by atoms with Crippen LogP contribution < -0.4 is 0 Å². The number of hydrogen-bond donors (Lipinski definition) is 0. The fourth-order valence-electron chi connectivity index (χ4n) is 0.794. The van der Waals surface area contributed by atoms with Gasteiger partial charge in [0.2, 0.25) is 0 Å². The van der Waals surface area contributed by atoms with Crippen molar-refractivity contribution in [1.29, 1.82) is 5.26 Å². The highest BCUT2D eigenvalue weighted by Gasteiger charge is 2.01. The van der Waals surface area contributed by atoms with Crippen molar-refractivity contribution in [3.05, 3.63) is 28.2 Å². The summed E-state index contributed by atoms with van der Waals surface area (Å²) >= 11 is 13.3. The van der Waals surface area contributed by atoms with Gasteiger partial charge in [-0.05, 0) is 18.2 Å². The van der Waals surface area contributed by atoms with E-state index in [-0.39, 0.29) is 0 Å². The normalized spacial score (nSPS) is 9.62. The lowest BCUT2D eigenvalue weighted by atomic mass is 10.4. The minimum Gasteiger partial charge on any atom is -0.198 e. The molecule has 1 nitrogen and oxygen atoms in total. The summed E-state index contributed by atoms with van der Waals surface area (Å²) in [6, 6.07) is 7.40. The van der Waals surface area contributed by atoms with Gasteiger partial charge in [-0.2, -0.15) is 5.26 Å². The molecule has 1 aromatic rings. The van der Waals surface area contributed by atoms with Crippen molar-refractivity contribution in [3.8, 4) is 6.07 Å².